The molecular formula is C33H40BrN3O8Si. The average molecular weight is 715 g/mol. The van der Waals surface area contributed by atoms with Gasteiger partial charge in [0.05, 0.1) is 43.8 Å². The molecule has 246 valence electrons. The fraction of sp³-hybridized carbons (Fsp3) is 0.515. The van der Waals surface area contributed by atoms with Crippen molar-refractivity contribution in [2.75, 3.05) is 23.0 Å². The Balaban J connectivity index is 1.30. The number of ether oxygens (including phenoxy) is 2. The largest absolute Gasteiger partial charge is 0.441 e. The Hall–Kier alpha value is -3.10. The van der Waals surface area contributed by atoms with Crippen LogP contribution in [0.1, 0.15) is 50.7 Å². The fourth-order valence-electron chi connectivity index (χ4n) is 7.98. The molecule has 2 aromatic rings. The van der Waals surface area contributed by atoms with Crippen LogP contribution in [-0.2, 0) is 40.8 Å². The summed E-state index contributed by atoms with van der Waals surface area (Å²) in [5.74, 6) is -1.41. The van der Waals surface area contributed by atoms with E-state index in [4.69, 9.17) is 9.47 Å². The predicted molar refractivity (Wildman–Crippen MR) is 175 cm³/mol. The van der Waals surface area contributed by atoms with Gasteiger partial charge >= 0.3 is 5.97 Å². The number of likely N-dealkylation sites (tertiary alicyclic amines) is 1. The molecule has 2 N–H and O–H groups in total. The van der Waals surface area contributed by atoms with E-state index in [0.29, 0.717) is 23.5 Å². The van der Waals surface area contributed by atoms with Crippen LogP contribution in [0.4, 0.5) is 11.4 Å². The van der Waals surface area contributed by atoms with Crippen molar-refractivity contribution in [3.05, 3.63) is 58.1 Å². The van der Waals surface area contributed by atoms with E-state index in [1.807, 2.05) is 50.3 Å². The van der Waals surface area contributed by atoms with Gasteiger partial charge in [0.15, 0.2) is 20.1 Å². The number of β-lactam (4-membered cyclic amide) rings is 1. The molecule has 46 heavy (non-hydrogen) atoms. The van der Waals surface area contributed by atoms with Gasteiger partial charge in [-0.1, -0.05) is 35.0 Å². The van der Waals surface area contributed by atoms with Crippen LogP contribution < -0.4 is 9.80 Å². The molecule has 3 amide bonds. The zero-order chi connectivity index (χ0) is 33.1. The van der Waals surface area contributed by atoms with E-state index in [9.17, 15) is 29.1 Å². The van der Waals surface area contributed by atoms with Crippen LogP contribution in [0.2, 0.25) is 18.6 Å². The number of esters is 1. The normalized spacial score (nSPS) is 29.0. The molecule has 3 fully saturated rings. The molecule has 2 aromatic carbocycles. The van der Waals surface area contributed by atoms with Crippen LogP contribution in [0, 0.1) is 5.92 Å². The van der Waals surface area contributed by atoms with E-state index in [0.717, 1.165) is 22.9 Å². The Bertz CT molecular complexity index is 1560. The van der Waals surface area contributed by atoms with Gasteiger partial charge in [-0.25, -0.2) is 0 Å². The van der Waals surface area contributed by atoms with Crippen molar-refractivity contribution in [1.29, 1.82) is 0 Å². The standard InChI is InChI=1S/C33H40BrN3O8Si/c1-19-31(46(3,4)43)27(15-28(40)35-13-5-6-24(35)18-38)45-33(19)25-14-22(34)9-12-26(25)36(32(33)42)17-21-7-10-23(11-8-21)37-29(41)16-30(37)44-20(2)39/h7-12,14,19,24,27,30-31,38,43H,5-6,13,15-18H2,1-4H3/t19-,24+,27+,30?,31-,33+/m1/s1. The van der Waals surface area contributed by atoms with E-state index in [1.165, 1.54) is 11.8 Å². The number of amides is 3. The lowest BCUT2D eigenvalue weighted by Crippen LogP contribution is -2.54. The van der Waals surface area contributed by atoms with Crippen LogP contribution in [0.3, 0.4) is 0 Å². The van der Waals surface area contributed by atoms with Gasteiger partial charge in [0.1, 0.15) is 0 Å². The average Bonchev–Trinajstić information content (AvgIpc) is 3.64. The summed E-state index contributed by atoms with van der Waals surface area (Å²) in [4.78, 5) is 68.4. The maximum absolute atomic E-state index is 14.7. The summed E-state index contributed by atoms with van der Waals surface area (Å²) in [6.07, 6.45) is 0.416. The Morgan fingerprint density at radius 3 is 2.50 bits per heavy atom. The number of benzene rings is 2. The van der Waals surface area contributed by atoms with Crippen molar-refractivity contribution < 1.29 is 38.6 Å². The minimum absolute atomic E-state index is 0.0197. The number of hydrogen-bond donors (Lipinski definition) is 2. The molecule has 3 saturated heterocycles. The Morgan fingerprint density at radius 1 is 1.15 bits per heavy atom. The van der Waals surface area contributed by atoms with Crippen molar-refractivity contribution in [1.82, 2.24) is 4.90 Å². The number of nitrogens with zero attached hydrogens (tertiary/aromatic N) is 3. The Labute approximate surface area is 277 Å². The van der Waals surface area contributed by atoms with Gasteiger partial charge in [-0.15, -0.1) is 0 Å². The summed E-state index contributed by atoms with van der Waals surface area (Å²) in [6.45, 7) is 7.61. The second-order valence-electron chi connectivity index (χ2n) is 13.4. The summed E-state index contributed by atoms with van der Waals surface area (Å²) in [5.41, 5.74) is 0.999. The molecule has 0 aliphatic carbocycles. The minimum atomic E-state index is -2.96. The van der Waals surface area contributed by atoms with E-state index < -0.39 is 43.7 Å². The molecule has 0 bridgehead atoms. The molecule has 13 heteroatoms. The van der Waals surface area contributed by atoms with Gasteiger partial charge in [0.25, 0.3) is 5.91 Å². The van der Waals surface area contributed by atoms with Crippen molar-refractivity contribution >= 4 is 59.3 Å². The van der Waals surface area contributed by atoms with Crippen LogP contribution in [0.5, 0.6) is 0 Å². The topological polar surface area (TPSA) is 137 Å². The van der Waals surface area contributed by atoms with Crippen molar-refractivity contribution in [3.63, 3.8) is 0 Å². The lowest BCUT2D eigenvalue weighted by atomic mass is 9.82. The number of anilines is 2. The lowest BCUT2D eigenvalue weighted by Gasteiger charge is -2.39. The van der Waals surface area contributed by atoms with Crippen LogP contribution in [-0.4, -0.2) is 78.3 Å². The monoisotopic (exact) mass is 713 g/mol. The molecule has 4 aliphatic heterocycles. The van der Waals surface area contributed by atoms with Crippen molar-refractivity contribution in [3.8, 4) is 0 Å². The summed E-state index contributed by atoms with van der Waals surface area (Å²) in [5, 5.41) is 9.82. The first-order valence-corrected chi connectivity index (χ1v) is 19.6. The number of hydrogen-bond acceptors (Lipinski definition) is 8. The highest BCUT2D eigenvalue weighted by atomic mass is 79.9. The molecule has 0 saturated carbocycles. The second-order valence-corrected chi connectivity index (χ2v) is 18.3. The first-order chi connectivity index (χ1) is 21.8. The molecule has 0 aromatic heterocycles. The minimum Gasteiger partial charge on any atom is -0.441 e. The number of aliphatic hydroxyl groups is 1. The van der Waals surface area contributed by atoms with Gasteiger partial charge in [-0.05, 0) is 61.8 Å². The fourth-order valence-corrected chi connectivity index (χ4v) is 10.9. The number of halogens is 1. The third-order valence-electron chi connectivity index (χ3n) is 9.99. The quantitative estimate of drug-likeness (QED) is 0.240. The van der Waals surface area contributed by atoms with Gasteiger partial charge < -0.3 is 29.2 Å². The molecular weight excluding hydrogens is 674 g/mol. The van der Waals surface area contributed by atoms with E-state index in [1.54, 1.807) is 21.9 Å². The zero-order valence-electron chi connectivity index (χ0n) is 26.4. The summed E-state index contributed by atoms with van der Waals surface area (Å²) in [6, 6.07) is 12.6. The van der Waals surface area contributed by atoms with Gasteiger partial charge in [0, 0.05) is 40.7 Å². The number of rotatable bonds is 8. The molecule has 4 aliphatic rings. The third-order valence-corrected chi connectivity index (χ3v) is 13.0. The highest BCUT2D eigenvalue weighted by Crippen LogP contribution is 2.60. The van der Waals surface area contributed by atoms with Gasteiger partial charge in [-0.3, -0.25) is 24.1 Å². The Morgan fingerprint density at radius 2 is 1.87 bits per heavy atom. The molecule has 1 spiro atoms. The first kappa shape index (κ1) is 32.8. The summed E-state index contributed by atoms with van der Waals surface area (Å²) in [7, 11) is -2.96. The molecule has 6 atom stereocenters. The van der Waals surface area contributed by atoms with E-state index in [-0.39, 0.29) is 49.8 Å². The summed E-state index contributed by atoms with van der Waals surface area (Å²) < 4.78 is 12.8. The highest BCUT2D eigenvalue weighted by molar-refractivity contribution is 9.10. The molecule has 1 unspecified atom stereocenters. The lowest BCUT2D eigenvalue weighted by molar-refractivity contribution is -0.154. The molecule has 11 nitrogen and oxygen atoms in total. The maximum atomic E-state index is 14.7. The smallest absolute Gasteiger partial charge is 0.304 e. The molecule has 6 rings (SSSR count). The molecule has 4 heterocycles. The van der Waals surface area contributed by atoms with Crippen LogP contribution in [0.25, 0.3) is 0 Å². The van der Waals surface area contributed by atoms with Crippen molar-refractivity contribution in [2.45, 2.75) is 88.7 Å². The highest BCUT2D eigenvalue weighted by Gasteiger charge is 2.66. The van der Waals surface area contributed by atoms with Crippen LogP contribution in [0.15, 0.2) is 46.9 Å². The van der Waals surface area contributed by atoms with Gasteiger partial charge in [0.2, 0.25) is 11.8 Å². The number of fused-ring (bicyclic) bond motifs is 2. The SMILES string of the molecule is CC(=O)OC1CC(=O)N1c1ccc(CN2C(=O)[C@@]3(O[C@@H](CC(=O)N4CCC[C@H]4CO)[C@H]([Si](C)(C)O)[C@H]3C)c3cc(Br)ccc32)cc1. The van der Waals surface area contributed by atoms with Gasteiger partial charge in [-0.2, -0.15) is 0 Å². The number of carbonyl (C=O) groups is 4. The number of carbonyl (C=O) groups excluding carboxylic acids is 4. The maximum Gasteiger partial charge on any atom is 0.304 e. The van der Waals surface area contributed by atoms with Crippen LogP contribution >= 0.6 is 15.9 Å². The number of aliphatic hydroxyl groups excluding tert-OH is 1. The first-order valence-electron chi connectivity index (χ1n) is 15.8. The predicted octanol–water partition coefficient (Wildman–Crippen LogP) is 3.79. The zero-order valence-corrected chi connectivity index (χ0v) is 29.0. The van der Waals surface area contributed by atoms with Crippen molar-refractivity contribution in [2.24, 2.45) is 5.92 Å². The Kier molecular flexibility index (Phi) is 8.68. The van der Waals surface area contributed by atoms with E-state index >= 15 is 0 Å². The van der Waals surface area contributed by atoms with E-state index in [2.05, 4.69) is 15.9 Å². The molecule has 0 radical (unpaired) electrons. The second kappa shape index (κ2) is 12.2. The summed E-state index contributed by atoms with van der Waals surface area (Å²) >= 11 is 3.58. The third kappa shape index (κ3) is 5.49.